The molecule has 4 heteroatoms. The van der Waals surface area contributed by atoms with Gasteiger partial charge in [0, 0.05) is 12.4 Å². The summed E-state index contributed by atoms with van der Waals surface area (Å²) in [6.45, 7) is 0. The van der Waals surface area contributed by atoms with Crippen LogP contribution in [0.25, 0.3) is 0 Å². The summed E-state index contributed by atoms with van der Waals surface area (Å²) >= 11 is 0. The van der Waals surface area contributed by atoms with E-state index in [1.54, 1.807) is 25.6 Å². The molecule has 1 atom stereocenters. The standard InChI is InChI=1S/C15H14N2O2/c1-19-14-4-2-13(3-5-14)15(17-11-18)10-12-6-8-16-9-7-12/h2-9,15H,10H2,1H3. The van der Waals surface area contributed by atoms with Gasteiger partial charge in [-0.15, -0.1) is 0 Å². The van der Waals surface area contributed by atoms with E-state index in [4.69, 9.17) is 4.74 Å². The number of carbonyl (C=O) groups excluding carboxylic acids is 1. The highest BCUT2D eigenvalue weighted by Crippen LogP contribution is 2.23. The number of methoxy groups -OCH3 is 1. The maximum Gasteiger partial charge on any atom is 0.235 e. The maximum atomic E-state index is 10.6. The summed E-state index contributed by atoms with van der Waals surface area (Å²) in [5.41, 5.74) is 2.04. The summed E-state index contributed by atoms with van der Waals surface area (Å²) in [5.74, 6) is 0.779. The van der Waals surface area contributed by atoms with E-state index in [1.165, 1.54) is 0 Å². The lowest BCUT2D eigenvalue weighted by molar-refractivity contribution is 0.414. The first-order valence-corrected chi connectivity index (χ1v) is 5.93. The van der Waals surface area contributed by atoms with Crippen molar-refractivity contribution in [3.8, 4) is 5.75 Å². The van der Waals surface area contributed by atoms with Crippen LogP contribution in [0.5, 0.6) is 5.75 Å². The average Bonchev–Trinajstić information content (AvgIpc) is 2.48. The van der Waals surface area contributed by atoms with E-state index in [-0.39, 0.29) is 6.04 Å². The Balaban J connectivity index is 2.21. The molecule has 0 saturated carbocycles. The van der Waals surface area contributed by atoms with Gasteiger partial charge in [-0.1, -0.05) is 12.1 Å². The minimum Gasteiger partial charge on any atom is -0.497 e. The highest BCUT2D eigenvalue weighted by Gasteiger charge is 2.11. The van der Waals surface area contributed by atoms with Crippen molar-refractivity contribution in [2.24, 2.45) is 4.99 Å². The smallest absolute Gasteiger partial charge is 0.235 e. The number of hydrogen-bond donors (Lipinski definition) is 0. The van der Waals surface area contributed by atoms with Crippen molar-refractivity contribution < 1.29 is 9.53 Å². The van der Waals surface area contributed by atoms with Gasteiger partial charge in [0.15, 0.2) is 0 Å². The van der Waals surface area contributed by atoms with Crippen LogP contribution in [0.4, 0.5) is 0 Å². The highest BCUT2D eigenvalue weighted by molar-refractivity contribution is 5.37. The molecule has 4 nitrogen and oxygen atoms in total. The third kappa shape index (κ3) is 3.50. The predicted octanol–water partition coefficient (Wildman–Crippen LogP) is 2.71. The van der Waals surface area contributed by atoms with Crippen LogP contribution in [0, 0.1) is 0 Å². The summed E-state index contributed by atoms with van der Waals surface area (Å²) in [6.07, 6.45) is 5.74. The fraction of sp³-hybridized carbons (Fsp3) is 0.200. The Labute approximate surface area is 111 Å². The van der Waals surface area contributed by atoms with Gasteiger partial charge in [0.1, 0.15) is 5.75 Å². The molecule has 2 aromatic rings. The van der Waals surface area contributed by atoms with Crippen LogP contribution < -0.4 is 4.74 Å². The van der Waals surface area contributed by atoms with Crippen molar-refractivity contribution in [3.05, 3.63) is 59.9 Å². The van der Waals surface area contributed by atoms with Crippen LogP contribution in [0.15, 0.2) is 53.8 Å². The zero-order valence-corrected chi connectivity index (χ0v) is 10.6. The maximum absolute atomic E-state index is 10.6. The minimum absolute atomic E-state index is 0.231. The molecule has 1 heterocycles. The third-order valence-corrected chi connectivity index (χ3v) is 2.89. The monoisotopic (exact) mass is 254 g/mol. The van der Waals surface area contributed by atoms with E-state index < -0.39 is 0 Å². The van der Waals surface area contributed by atoms with Gasteiger partial charge in [-0.3, -0.25) is 4.98 Å². The summed E-state index contributed by atoms with van der Waals surface area (Å²) in [5, 5.41) is 0. The normalized spacial score (nSPS) is 11.4. The molecule has 1 aromatic heterocycles. The quantitative estimate of drug-likeness (QED) is 0.609. The average molecular weight is 254 g/mol. The van der Waals surface area contributed by atoms with Gasteiger partial charge in [0.2, 0.25) is 6.08 Å². The fourth-order valence-corrected chi connectivity index (χ4v) is 1.87. The summed E-state index contributed by atoms with van der Waals surface area (Å²) < 4.78 is 5.11. The predicted molar refractivity (Wildman–Crippen MR) is 71.8 cm³/mol. The molecule has 0 fully saturated rings. The van der Waals surface area contributed by atoms with Crippen molar-refractivity contribution in [1.82, 2.24) is 4.98 Å². The number of rotatable bonds is 5. The first-order valence-electron chi connectivity index (χ1n) is 5.93. The van der Waals surface area contributed by atoms with Crippen molar-refractivity contribution >= 4 is 6.08 Å². The largest absolute Gasteiger partial charge is 0.497 e. The number of isocyanates is 1. The van der Waals surface area contributed by atoms with Crippen molar-refractivity contribution in [2.45, 2.75) is 12.5 Å². The molecular weight excluding hydrogens is 240 g/mol. The first-order chi connectivity index (χ1) is 9.33. The molecule has 0 aliphatic carbocycles. The van der Waals surface area contributed by atoms with Crippen LogP contribution in [-0.2, 0) is 11.2 Å². The molecule has 0 aliphatic rings. The lowest BCUT2D eigenvalue weighted by Gasteiger charge is -2.11. The highest BCUT2D eigenvalue weighted by atomic mass is 16.5. The van der Waals surface area contributed by atoms with Gasteiger partial charge in [-0.05, 0) is 41.8 Å². The van der Waals surface area contributed by atoms with E-state index in [0.717, 1.165) is 16.9 Å². The third-order valence-electron chi connectivity index (χ3n) is 2.89. The molecular formula is C15H14N2O2. The first kappa shape index (κ1) is 13.0. The van der Waals surface area contributed by atoms with Crippen molar-refractivity contribution in [3.63, 3.8) is 0 Å². The number of nitrogens with zero attached hydrogens (tertiary/aromatic N) is 2. The van der Waals surface area contributed by atoms with Gasteiger partial charge >= 0.3 is 0 Å². The number of hydrogen-bond acceptors (Lipinski definition) is 4. The van der Waals surface area contributed by atoms with Crippen molar-refractivity contribution in [2.75, 3.05) is 7.11 Å². The second kappa shape index (κ2) is 6.47. The van der Waals surface area contributed by atoms with Gasteiger partial charge < -0.3 is 4.74 Å². The van der Waals surface area contributed by atoms with E-state index in [1.807, 2.05) is 36.4 Å². The van der Waals surface area contributed by atoms with E-state index in [9.17, 15) is 4.79 Å². The molecule has 1 unspecified atom stereocenters. The molecule has 0 saturated heterocycles. The number of aromatic nitrogens is 1. The Morgan fingerprint density at radius 3 is 2.47 bits per heavy atom. The second-order valence-corrected chi connectivity index (χ2v) is 4.07. The second-order valence-electron chi connectivity index (χ2n) is 4.07. The van der Waals surface area contributed by atoms with Gasteiger partial charge in [0.05, 0.1) is 13.2 Å². The van der Waals surface area contributed by atoms with E-state index in [0.29, 0.717) is 6.42 Å². The van der Waals surface area contributed by atoms with Gasteiger partial charge in [-0.25, -0.2) is 4.79 Å². The molecule has 0 bridgehead atoms. The topological polar surface area (TPSA) is 51.6 Å². The van der Waals surface area contributed by atoms with Crippen LogP contribution in [0.2, 0.25) is 0 Å². The summed E-state index contributed by atoms with van der Waals surface area (Å²) in [6, 6.07) is 11.1. The molecule has 0 N–H and O–H groups in total. The molecule has 1 aromatic carbocycles. The summed E-state index contributed by atoms with van der Waals surface area (Å²) in [7, 11) is 1.62. The zero-order chi connectivity index (χ0) is 13.5. The minimum atomic E-state index is -0.231. The lowest BCUT2D eigenvalue weighted by Crippen LogP contribution is -2.00. The van der Waals surface area contributed by atoms with E-state index in [2.05, 4.69) is 9.98 Å². The van der Waals surface area contributed by atoms with Gasteiger partial charge in [0.25, 0.3) is 0 Å². The lowest BCUT2D eigenvalue weighted by atomic mass is 10.00. The Hall–Kier alpha value is -2.45. The fourth-order valence-electron chi connectivity index (χ4n) is 1.87. The van der Waals surface area contributed by atoms with Crippen LogP contribution >= 0.6 is 0 Å². The molecule has 2 rings (SSSR count). The van der Waals surface area contributed by atoms with Gasteiger partial charge in [-0.2, -0.15) is 4.99 Å². The number of pyridine rings is 1. The molecule has 0 spiro atoms. The Morgan fingerprint density at radius 2 is 1.89 bits per heavy atom. The molecule has 0 amide bonds. The van der Waals surface area contributed by atoms with Crippen molar-refractivity contribution in [1.29, 1.82) is 0 Å². The summed E-state index contributed by atoms with van der Waals surface area (Å²) in [4.78, 5) is 18.4. The van der Waals surface area contributed by atoms with Crippen LogP contribution in [-0.4, -0.2) is 18.2 Å². The zero-order valence-electron chi connectivity index (χ0n) is 10.6. The SMILES string of the molecule is COc1ccc(C(Cc2ccncc2)N=C=O)cc1. The Kier molecular flexibility index (Phi) is 4.43. The number of ether oxygens (including phenoxy) is 1. The Bertz CT molecular complexity index is 560. The van der Waals surface area contributed by atoms with E-state index >= 15 is 0 Å². The molecule has 0 aliphatic heterocycles. The van der Waals surface area contributed by atoms with Crippen LogP contribution in [0.1, 0.15) is 17.2 Å². The molecule has 19 heavy (non-hydrogen) atoms. The number of aliphatic imine (C=N–C) groups is 1. The molecule has 0 radical (unpaired) electrons. The number of benzene rings is 1. The molecule has 96 valence electrons. The Morgan fingerprint density at radius 1 is 1.21 bits per heavy atom. The van der Waals surface area contributed by atoms with Crippen LogP contribution in [0.3, 0.4) is 0 Å².